The van der Waals surface area contributed by atoms with Crippen LogP contribution >= 0.6 is 0 Å². The van der Waals surface area contributed by atoms with E-state index in [-0.39, 0.29) is 16.7 Å². The van der Waals surface area contributed by atoms with Gasteiger partial charge < -0.3 is 19.2 Å². The lowest BCUT2D eigenvalue weighted by atomic mass is 10.1. The van der Waals surface area contributed by atoms with E-state index in [9.17, 15) is 22.8 Å². The van der Waals surface area contributed by atoms with Crippen molar-refractivity contribution >= 4 is 22.6 Å². The van der Waals surface area contributed by atoms with Gasteiger partial charge in [-0.1, -0.05) is 12.1 Å². The zero-order valence-corrected chi connectivity index (χ0v) is 16.1. The van der Waals surface area contributed by atoms with E-state index in [2.05, 4.69) is 5.32 Å². The molecule has 3 aromatic rings. The SMILES string of the molecule is CCOc1ccccc1NC(=O)C(C)Oc1ccc2c(C(F)(F)F)cc(=O)oc2c1. The second kappa shape index (κ2) is 8.48. The first-order valence-corrected chi connectivity index (χ1v) is 9.03. The molecule has 1 atom stereocenters. The predicted molar refractivity (Wildman–Crippen MR) is 104 cm³/mol. The molecule has 9 heteroatoms. The van der Waals surface area contributed by atoms with Gasteiger partial charge in [0.25, 0.3) is 5.91 Å². The van der Waals surface area contributed by atoms with Crippen LogP contribution in [0.4, 0.5) is 18.9 Å². The molecule has 0 bridgehead atoms. The molecule has 1 N–H and O–H groups in total. The van der Waals surface area contributed by atoms with Crippen LogP contribution in [-0.2, 0) is 11.0 Å². The minimum atomic E-state index is -4.71. The number of anilines is 1. The summed E-state index contributed by atoms with van der Waals surface area (Å²) in [6, 6.07) is 10.8. The van der Waals surface area contributed by atoms with Crippen molar-refractivity contribution in [1.82, 2.24) is 0 Å². The molecule has 0 aliphatic heterocycles. The topological polar surface area (TPSA) is 77.8 Å². The van der Waals surface area contributed by atoms with Crippen molar-refractivity contribution in [2.45, 2.75) is 26.1 Å². The van der Waals surface area contributed by atoms with E-state index in [0.717, 1.165) is 12.1 Å². The smallest absolute Gasteiger partial charge is 0.417 e. The van der Waals surface area contributed by atoms with Gasteiger partial charge >= 0.3 is 11.8 Å². The number of fused-ring (bicyclic) bond motifs is 1. The highest BCUT2D eigenvalue weighted by molar-refractivity contribution is 5.95. The number of benzene rings is 2. The summed E-state index contributed by atoms with van der Waals surface area (Å²) in [5.74, 6) is 0.0752. The Balaban J connectivity index is 1.80. The third kappa shape index (κ3) is 4.73. The van der Waals surface area contributed by atoms with Gasteiger partial charge in [-0.05, 0) is 38.1 Å². The number of hydrogen-bond acceptors (Lipinski definition) is 5. The molecule has 30 heavy (non-hydrogen) atoms. The van der Waals surface area contributed by atoms with E-state index in [0.29, 0.717) is 24.1 Å². The molecule has 1 amide bonds. The van der Waals surface area contributed by atoms with Crippen LogP contribution in [0.1, 0.15) is 19.4 Å². The predicted octanol–water partition coefficient (Wildman–Crippen LogP) is 4.62. The Hall–Kier alpha value is -3.49. The molecule has 0 fully saturated rings. The highest BCUT2D eigenvalue weighted by Crippen LogP contribution is 2.35. The van der Waals surface area contributed by atoms with Crippen LogP contribution in [0, 0.1) is 0 Å². The maximum atomic E-state index is 13.1. The van der Waals surface area contributed by atoms with E-state index in [1.54, 1.807) is 24.3 Å². The monoisotopic (exact) mass is 421 g/mol. The molecule has 0 aliphatic carbocycles. The van der Waals surface area contributed by atoms with Gasteiger partial charge in [0, 0.05) is 17.5 Å². The summed E-state index contributed by atoms with van der Waals surface area (Å²) < 4.78 is 55.2. The number of para-hydroxylation sites is 2. The normalized spacial score (nSPS) is 12.4. The third-order valence-corrected chi connectivity index (χ3v) is 4.15. The number of nitrogens with one attached hydrogen (secondary N) is 1. The van der Waals surface area contributed by atoms with Gasteiger partial charge in [0.2, 0.25) is 0 Å². The quantitative estimate of drug-likeness (QED) is 0.588. The summed E-state index contributed by atoms with van der Waals surface area (Å²) in [4.78, 5) is 24.0. The van der Waals surface area contributed by atoms with Gasteiger partial charge in [-0.25, -0.2) is 4.79 Å². The molecule has 0 radical (unpaired) electrons. The summed E-state index contributed by atoms with van der Waals surface area (Å²) in [7, 11) is 0. The lowest BCUT2D eigenvalue weighted by molar-refractivity contribution is -0.136. The summed E-state index contributed by atoms with van der Waals surface area (Å²) >= 11 is 0. The van der Waals surface area contributed by atoms with Gasteiger partial charge in [-0.15, -0.1) is 0 Å². The van der Waals surface area contributed by atoms with Gasteiger partial charge in [-0.2, -0.15) is 13.2 Å². The zero-order valence-electron chi connectivity index (χ0n) is 16.1. The first-order chi connectivity index (χ1) is 14.2. The Kier molecular flexibility index (Phi) is 6.00. The van der Waals surface area contributed by atoms with Crippen molar-refractivity contribution in [2.24, 2.45) is 0 Å². The number of halogens is 3. The molecule has 158 valence electrons. The van der Waals surface area contributed by atoms with Gasteiger partial charge in [0.15, 0.2) is 6.10 Å². The van der Waals surface area contributed by atoms with Crippen molar-refractivity contribution < 1.29 is 31.9 Å². The van der Waals surface area contributed by atoms with Crippen LogP contribution in [0.3, 0.4) is 0 Å². The van der Waals surface area contributed by atoms with Crippen LogP contribution < -0.4 is 20.4 Å². The number of alkyl halides is 3. The molecule has 6 nitrogen and oxygen atoms in total. The van der Waals surface area contributed by atoms with E-state index in [4.69, 9.17) is 13.9 Å². The molecule has 2 aromatic carbocycles. The lowest BCUT2D eigenvalue weighted by Crippen LogP contribution is -2.30. The standard InChI is InChI=1S/C21H18F3NO5/c1-3-28-17-7-5-4-6-16(17)25-20(27)12(2)29-13-8-9-14-15(21(22,23)24)11-19(26)30-18(14)10-13/h4-12H,3H2,1-2H3,(H,25,27). The van der Waals surface area contributed by atoms with Gasteiger partial charge in [0.05, 0.1) is 17.9 Å². The van der Waals surface area contributed by atoms with E-state index in [1.807, 2.05) is 6.92 Å². The Morgan fingerprint density at radius 1 is 1.17 bits per heavy atom. The van der Waals surface area contributed by atoms with Crippen LogP contribution in [0.2, 0.25) is 0 Å². The van der Waals surface area contributed by atoms with E-state index < -0.39 is 29.4 Å². The zero-order chi connectivity index (χ0) is 21.9. The number of amides is 1. The summed E-state index contributed by atoms with van der Waals surface area (Å²) in [5, 5.41) is 2.40. The molecule has 3 rings (SSSR count). The fourth-order valence-corrected chi connectivity index (χ4v) is 2.79. The molecule has 0 spiro atoms. The molecule has 1 heterocycles. The van der Waals surface area contributed by atoms with Crippen molar-refractivity contribution in [2.75, 3.05) is 11.9 Å². The maximum Gasteiger partial charge on any atom is 0.417 e. The maximum absolute atomic E-state index is 13.1. The number of rotatable bonds is 6. The van der Waals surface area contributed by atoms with Crippen molar-refractivity contribution in [3.63, 3.8) is 0 Å². The highest BCUT2D eigenvalue weighted by atomic mass is 19.4. The minimum absolute atomic E-state index is 0.0747. The Morgan fingerprint density at radius 2 is 1.90 bits per heavy atom. The van der Waals surface area contributed by atoms with Crippen LogP contribution in [0.15, 0.2) is 57.7 Å². The fraction of sp³-hybridized carbons (Fsp3) is 0.238. The molecule has 0 saturated carbocycles. The van der Waals surface area contributed by atoms with Crippen molar-refractivity contribution in [1.29, 1.82) is 0 Å². The first-order valence-electron chi connectivity index (χ1n) is 9.03. The molecular formula is C21H18F3NO5. The highest BCUT2D eigenvalue weighted by Gasteiger charge is 2.34. The lowest BCUT2D eigenvalue weighted by Gasteiger charge is -2.17. The molecule has 0 saturated heterocycles. The summed E-state index contributed by atoms with van der Waals surface area (Å²) in [6.07, 6.45) is -5.70. The van der Waals surface area contributed by atoms with E-state index >= 15 is 0 Å². The van der Waals surface area contributed by atoms with Crippen LogP contribution in [0.25, 0.3) is 11.0 Å². The average Bonchev–Trinajstić information content (AvgIpc) is 2.68. The summed E-state index contributed by atoms with van der Waals surface area (Å²) in [6.45, 7) is 3.71. The molecule has 1 unspecified atom stereocenters. The minimum Gasteiger partial charge on any atom is -0.492 e. The Morgan fingerprint density at radius 3 is 2.60 bits per heavy atom. The van der Waals surface area contributed by atoms with Crippen molar-refractivity contribution in [3.8, 4) is 11.5 Å². The van der Waals surface area contributed by atoms with Crippen molar-refractivity contribution in [3.05, 3.63) is 64.5 Å². The third-order valence-electron chi connectivity index (χ3n) is 4.15. The van der Waals surface area contributed by atoms with E-state index in [1.165, 1.54) is 13.0 Å². The molecular weight excluding hydrogens is 403 g/mol. The largest absolute Gasteiger partial charge is 0.492 e. The first kappa shape index (κ1) is 21.2. The number of carbonyl (C=O) groups is 1. The molecule has 0 aliphatic rings. The number of carbonyl (C=O) groups excluding carboxylic acids is 1. The Bertz CT molecular complexity index is 1120. The second-order valence-electron chi connectivity index (χ2n) is 6.31. The average molecular weight is 421 g/mol. The van der Waals surface area contributed by atoms with Gasteiger partial charge in [-0.3, -0.25) is 4.79 Å². The number of ether oxygens (including phenoxy) is 2. The number of hydrogen-bond donors (Lipinski definition) is 1. The summed E-state index contributed by atoms with van der Waals surface area (Å²) in [5.41, 5.74) is -2.07. The Labute approximate surface area is 169 Å². The molecule has 1 aromatic heterocycles. The fourth-order valence-electron chi connectivity index (χ4n) is 2.79. The van der Waals surface area contributed by atoms with Crippen LogP contribution in [-0.4, -0.2) is 18.6 Å². The van der Waals surface area contributed by atoms with Gasteiger partial charge in [0.1, 0.15) is 17.1 Å². The van der Waals surface area contributed by atoms with Crippen LogP contribution in [0.5, 0.6) is 11.5 Å². The second-order valence-corrected chi connectivity index (χ2v) is 6.31.